The lowest BCUT2D eigenvalue weighted by molar-refractivity contribution is 0.623. The monoisotopic (exact) mass is 669 g/mol. The van der Waals surface area contributed by atoms with Crippen molar-refractivity contribution in [1.82, 2.24) is 20.0 Å². The van der Waals surface area contributed by atoms with Gasteiger partial charge in [0.15, 0.2) is 5.58 Å². The van der Waals surface area contributed by atoms with Crippen LogP contribution in [0.5, 0.6) is 0 Å². The van der Waals surface area contributed by atoms with E-state index in [4.69, 9.17) is 24.0 Å². The summed E-state index contributed by atoms with van der Waals surface area (Å²) in [5.41, 5.74) is 9.61. The molecule has 7 heteroatoms. The molecule has 0 atom stereocenters. The Bertz CT molecular complexity index is 3140. The number of para-hydroxylation sites is 2. The largest absolute Gasteiger partial charge is 0.456 e. The van der Waals surface area contributed by atoms with Gasteiger partial charge in [0.1, 0.15) is 27.7 Å². The van der Waals surface area contributed by atoms with Crippen LogP contribution in [0.3, 0.4) is 0 Å². The van der Waals surface area contributed by atoms with Gasteiger partial charge in [0, 0.05) is 44.9 Å². The number of oxazole rings is 1. The number of fused-ring (bicyclic) bond motifs is 9. The molecule has 0 N–H and O–H groups in total. The molecule has 0 bridgehead atoms. The van der Waals surface area contributed by atoms with E-state index in [1.54, 1.807) is 4.80 Å². The van der Waals surface area contributed by atoms with Gasteiger partial charge in [0.2, 0.25) is 5.89 Å². The van der Waals surface area contributed by atoms with Crippen molar-refractivity contribution < 1.29 is 8.83 Å². The molecule has 0 aliphatic rings. The van der Waals surface area contributed by atoms with E-state index in [-0.39, 0.29) is 0 Å². The summed E-state index contributed by atoms with van der Waals surface area (Å²) in [7, 11) is 0. The van der Waals surface area contributed by atoms with Gasteiger partial charge in [-0.25, -0.2) is 4.98 Å². The van der Waals surface area contributed by atoms with E-state index in [0.29, 0.717) is 5.89 Å². The van der Waals surface area contributed by atoms with E-state index >= 15 is 0 Å². The summed E-state index contributed by atoms with van der Waals surface area (Å²) in [5.74, 6) is 0.605. The number of anilines is 3. The van der Waals surface area contributed by atoms with Crippen LogP contribution < -0.4 is 4.90 Å². The summed E-state index contributed by atoms with van der Waals surface area (Å²) in [6.45, 7) is 0. The van der Waals surface area contributed by atoms with Crippen LogP contribution in [0.2, 0.25) is 0 Å². The molecule has 0 fully saturated rings. The molecule has 0 aliphatic carbocycles. The predicted octanol–water partition coefficient (Wildman–Crippen LogP) is 11.9. The molecule has 0 spiro atoms. The first-order valence-electron chi connectivity index (χ1n) is 17.2. The Morgan fingerprint density at radius 2 is 1.12 bits per heavy atom. The van der Waals surface area contributed by atoms with Crippen LogP contribution in [0.15, 0.2) is 173 Å². The van der Waals surface area contributed by atoms with Crippen molar-refractivity contribution in [3.8, 4) is 17.1 Å². The van der Waals surface area contributed by atoms with Crippen LogP contribution in [0.25, 0.3) is 82.8 Å². The number of hydrogen-bond donors (Lipinski definition) is 0. The molecule has 3 aromatic heterocycles. The number of hydrogen-bond acceptors (Lipinski definition) is 6. The van der Waals surface area contributed by atoms with Gasteiger partial charge in [-0.2, -0.15) is 4.80 Å². The molecule has 11 aromatic rings. The highest BCUT2D eigenvalue weighted by Crippen LogP contribution is 2.42. The van der Waals surface area contributed by atoms with Gasteiger partial charge in [-0.05, 0) is 95.0 Å². The molecule has 244 valence electrons. The third-order valence-corrected chi connectivity index (χ3v) is 9.85. The predicted molar refractivity (Wildman–Crippen MR) is 209 cm³/mol. The van der Waals surface area contributed by atoms with Gasteiger partial charge in [-0.15, -0.1) is 10.2 Å². The average molecular weight is 670 g/mol. The first-order chi connectivity index (χ1) is 25.7. The molecule has 0 aliphatic heterocycles. The van der Waals surface area contributed by atoms with Crippen molar-refractivity contribution in [2.24, 2.45) is 0 Å². The van der Waals surface area contributed by atoms with Crippen molar-refractivity contribution in [1.29, 1.82) is 0 Å². The highest BCUT2D eigenvalue weighted by atomic mass is 16.3. The topological polar surface area (TPSA) is 73.1 Å². The summed E-state index contributed by atoms with van der Waals surface area (Å²) in [4.78, 5) is 8.83. The second-order valence-corrected chi connectivity index (χ2v) is 13.0. The lowest BCUT2D eigenvalue weighted by atomic mass is 10.00. The van der Waals surface area contributed by atoms with Crippen molar-refractivity contribution in [2.45, 2.75) is 0 Å². The van der Waals surface area contributed by atoms with Gasteiger partial charge in [0.05, 0.1) is 5.69 Å². The first kappa shape index (κ1) is 28.6. The molecule has 7 nitrogen and oxygen atoms in total. The summed E-state index contributed by atoms with van der Waals surface area (Å²) in [6, 6.07) is 55.9. The van der Waals surface area contributed by atoms with Gasteiger partial charge in [-0.1, -0.05) is 78.9 Å². The maximum absolute atomic E-state index is 6.55. The molecular weight excluding hydrogens is 643 g/mol. The molecule has 0 unspecified atom stereocenters. The van der Waals surface area contributed by atoms with Gasteiger partial charge in [0.25, 0.3) is 0 Å². The van der Waals surface area contributed by atoms with Crippen molar-refractivity contribution >= 4 is 82.7 Å². The van der Waals surface area contributed by atoms with Crippen LogP contribution >= 0.6 is 0 Å². The van der Waals surface area contributed by atoms with E-state index in [0.717, 1.165) is 93.9 Å². The third kappa shape index (κ3) is 4.50. The smallest absolute Gasteiger partial charge is 0.227 e. The highest BCUT2D eigenvalue weighted by molar-refractivity contribution is 6.19. The maximum Gasteiger partial charge on any atom is 0.227 e. The average Bonchev–Trinajstić information content (AvgIpc) is 3.93. The normalized spacial score (nSPS) is 11.8. The van der Waals surface area contributed by atoms with Crippen molar-refractivity contribution in [2.75, 3.05) is 4.90 Å². The van der Waals surface area contributed by atoms with Crippen molar-refractivity contribution in [3.05, 3.63) is 164 Å². The lowest BCUT2D eigenvalue weighted by Crippen LogP contribution is -2.10. The van der Waals surface area contributed by atoms with E-state index in [1.807, 2.05) is 91.0 Å². The first-order valence-corrected chi connectivity index (χ1v) is 17.2. The minimum atomic E-state index is 0.605. The molecule has 0 radical (unpaired) electrons. The van der Waals surface area contributed by atoms with Crippen LogP contribution in [0, 0.1) is 0 Å². The molecule has 0 saturated carbocycles. The van der Waals surface area contributed by atoms with Crippen LogP contribution in [-0.2, 0) is 0 Å². The second-order valence-electron chi connectivity index (χ2n) is 13.0. The SMILES string of the molecule is c1ccc(-c2nc3ccc4ccc5ccc(N(c6ccc7nn(-c8ccccc8)nc7c6)c6ccc7c(c6)oc6ccccc67)cc5c4c3o2)cc1. The zero-order valence-corrected chi connectivity index (χ0v) is 27.6. The summed E-state index contributed by atoms with van der Waals surface area (Å²) in [6.07, 6.45) is 0. The number of aromatic nitrogens is 4. The molecule has 3 heterocycles. The van der Waals surface area contributed by atoms with Gasteiger partial charge >= 0.3 is 0 Å². The Morgan fingerprint density at radius 1 is 0.462 bits per heavy atom. The van der Waals surface area contributed by atoms with Gasteiger partial charge in [-0.3, -0.25) is 0 Å². The van der Waals surface area contributed by atoms with Crippen LogP contribution in [0.4, 0.5) is 17.1 Å². The number of furan rings is 1. The van der Waals surface area contributed by atoms with Crippen LogP contribution in [-0.4, -0.2) is 20.0 Å². The fraction of sp³-hybridized carbons (Fsp3) is 0. The zero-order valence-electron chi connectivity index (χ0n) is 27.6. The van der Waals surface area contributed by atoms with E-state index in [9.17, 15) is 0 Å². The van der Waals surface area contributed by atoms with E-state index in [2.05, 4.69) is 77.7 Å². The second kappa shape index (κ2) is 11.1. The molecule has 0 saturated heterocycles. The Kier molecular flexibility index (Phi) is 6.12. The molecule has 11 rings (SSSR count). The Hall–Kier alpha value is -7.25. The third-order valence-electron chi connectivity index (χ3n) is 9.85. The summed E-state index contributed by atoms with van der Waals surface area (Å²) in [5, 5.41) is 16.1. The lowest BCUT2D eigenvalue weighted by Gasteiger charge is -2.26. The fourth-order valence-corrected chi connectivity index (χ4v) is 7.37. The highest BCUT2D eigenvalue weighted by Gasteiger charge is 2.19. The quantitative estimate of drug-likeness (QED) is 0.170. The summed E-state index contributed by atoms with van der Waals surface area (Å²) < 4.78 is 12.9. The molecule has 0 amide bonds. The molecular formula is C45H27N5O2. The molecule has 8 aromatic carbocycles. The van der Waals surface area contributed by atoms with E-state index in [1.165, 1.54) is 0 Å². The number of rotatable bonds is 5. The summed E-state index contributed by atoms with van der Waals surface area (Å²) >= 11 is 0. The molecule has 52 heavy (non-hydrogen) atoms. The minimum absolute atomic E-state index is 0.605. The Balaban J connectivity index is 1.13. The minimum Gasteiger partial charge on any atom is -0.456 e. The Labute approximate surface area is 296 Å². The standard InChI is InChI=1S/C45H27N5O2/c1-3-9-30(10-4-1)45-46-39-23-18-29-16-15-28-17-19-32(25-37(28)43(29)44(39)52-45)49(34-20-22-36-35-13-7-8-14-41(35)51-42(36)27-34)33-21-24-38-40(26-33)48-50(47-38)31-11-5-2-6-12-31/h1-27H. The zero-order chi connectivity index (χ0) is 34.2. The number of nitrogens with zero attached hydrogens (tertiary/aromatic N) is 5. The van der Waals surface area contributed by atoms with E-state index < -0.39 is 0 Å². The van der Waals surface area contributed by atoms with Crippen molar-refractivity contribution in [3.63, 3.8) is 0 Å². The maximum atomic E-state index is 6.55. The van der Waals surface area contributed by atoms with Gasteiger partial charge < -0.3 is 13.7 Å². The fourth-order valence-electron chi connectivity index (χ4n) is 7.37. The number of benzene rings is 8. The van der Waals surface area contributed by atoms with Crippen LogP contribution in [0.1, 0.15) is 0 Å². The Morgan fingerprint density at radius 3 is 2.02 bits per heavy atom.